The molecule has 4 rings (SSSR count). The summed E-state index contributed by atoms with van der Waals surface area (Å²) in [6, 6.07) is 25.3. The second-order valence-electron chi connectivity index (χ2n) is 6.63. The molecule has 0 bridgehead atoms. The topological polar surface area (TPSA) is 78.2 Å². The highest BCUT2D eigenvalue weighted by molar-refractivity contribution is 5.78. The SMILES string of the molecule is C[C@H](c1cc2ccccc2o1)N(OC(=O)Oc1ccccc1)C(=O)Oc1ccccc1. The Balaban J connectivity index is 1.57. The number of furan rings is 1. The summed E-state index contributed by atoms with van der Waals surface area (Å²) >= 11 is 0. The zero-order valence-electron chi connectivity index (χ0n) is 16.6. The molecule has 0 aliphatic heterocycles. The van der Waals surface area contributed by atoms with Crippen molar-refractivity contribution in [2.24, 2.45) is 0 Å². The van der Waals surface area contributed by atoms with Crippen LogP contribution in [0.3, 0.4) is 0 Å². The maximum Gasteiger partial charge on any atom is 0.539 e. The first-order valence-corrected chi connectivity index (χ1v) is 9.59. The number of fused-ring (bicyclic) bond motifs is 1. The lowest BCUT2D eigenvalue weighted by atomic mass is 10.2. The van der Waals surface area contributed by atoms with Crippen LogP contribution in [0, 0.1) is 0 Å². The number of para-hydroxylation sites is 3. The largest absolute Gasteiger partial charge is 0.539 e. The molecule has 0 spiro atoms. The Kier molecular flexibility index (Phi) is 5.84. The van der Waals surface area contributed by atoms with Crippen LogP contribution in [0.1, 0.15) is 18.7 Å². The van der Waals surface area contributed by atoms with Gasteiger partial charge in [0.15, 0.2) is 0 Å². The Morgan fingerprint density at radius 2 is 1.39 bits per heavy atom. The maximum atomic E-state index is 12.9. The van der Waals surface area contributed by atoms with Crippen molar-refractivity contribution in [3.05, 3.63) is 96.8 Å². The lowest BCUT2D eigenvalue weighted by molar-refractivity contribution is -0.117. The van der Waals surface area contributed by atoms with Crippen LogP contribution in [0.5, 0.6) is 11.5 Å². The Labute approximate surface area is 178 Å². The van der Waals surface area contributed by atoms with Gasteiger partial charge in [-0.25, -0.2) is 9.59 Å². The quantitative estimate of drug-likeness (QED) is 0.226. The minimum absolute atomic E-state index is 0.278. The summed E-state index contributed by atoms with van der Waals surface area (Å²) in [7, 11) is 0. The zero-order chi connectivity index (χ0) is 21.6. The number of hydrogen-bond donors (Lipinski definition) is 0. The number of rotatable bonds is 4. The number of benzene rings is 3. The third kappa shape index (κ3) is 4.84. The number of nitrogens with zero attached hydrogens (tertiary/aromatic N) is 1. The fourth-order valence-electron chi connectivity index (χ4n) is 2.92. The van der Waals surface area contributed by atoms with Crippen molar-refractivity contribution in [1.29, 1.82) is 0 Å². The van der Waals surface area contributed by atoms with Gasteiger partial charge in [0, 0.05) is 5.39 Å². The van der Waals surface area contributed by atoms with Crippen LogP contribution in [0.2, 0.25) is 0 Å². The third-order valence-corrected chi connectivity index (χ3v) is 4.45. The molecule has 0 unspecified atom stereocenters. The zero-order valence-corrected chi connectivity index (χ0v) is 16.6. The van der Waals surface area contributed by atoms with E-state index in [0.29, 0.717) is 17.1 Å². The van der Waals surface area contributed by atoms with Gasteiger partial charge in [0.2, 0.25) is 0 Å². The highest BCUT2D eigenvalue weighted by atomic mass is 16.8. The highest BCUT2D eigenvalue weighted by Crippen LogP contribution is 2.29. The van der Waals surface area contributed by atoms with E-state index in [9.17, 15) is 9.59 Å². The van der Waals surface area contributed by atoms with Crippen molar-refractivity contribution in [3.63, 3.8) is 0 Å². The second kappa shape index (κ2) is 9.04. The summed E-state index contributed by atoms with van der Waals surface area (Å²) in [5.74, 6) is 0.994. The van der Waals surface area contributed by atoms with Crippen molar-refractivity contribution in [1.82, 2.24) is 5.06 Å². The van der Waals surface area contributed by atoms with Gasteiger partial charge in [-0.2, -0.15) is 0 Å². The van der Waals surface area contributed by atoms with Gasteiger partial charge in [-0.15, -0.1) is 5.06 Å². The fourth-order valence-corrected chi connectivity index (χ4v) is 2.92. The first-order chi connectivity index (χ1) is 15.1. The number of carbonyl (C=O) groups excluding carboxylic acids is 2. The molecule has 0 aliphatic rings. The summed E-state index contributed by atoms with van der Waals surface area (Å²) in [6.07, 6.45) is -1.98. The molecule has 0 radical (unpaired) electrons. The predicted octanol–water partition coefficient (Wildman–Crippen LogP) is 6.13. The molecule has 31 heavy (non-hydrogen) atoms. The number of amides is 1. The standard InChI is InChI=1S/C24H19NO6/c1-17(22-16-18-10-8-9-15-21(18)30-22)25(23(26)28-19-11-4-2-5-12-19)31-24(27)29-20-13-6-3-7-14-20/h2-17H,1H3/t17-/m1/s1. The van der Waals surface area contributed by atoms with Crippen molar-refractivity contribution in [2.45, 2.75) is 13.0 Å². The average molecular weight is 417 g/mol. The van der Waals surface area contributed by atoms with Gasteiger partial charge in [0.05, 0.1) is 0 Å². The molecule has 1 atom stereocenters. The Bertz CT molecular complexity index is 1140. The third-order valence-electron chi connectivity index (χ3n) is 4.45. The van der Waals surface area contributed by atoms with E-state index in [1.807, 2.05) is 24.3 Å². The van der Waals surface area contributed by atoms with Gasteiger partial charge in [-0.1, -0.05) is 54.6 Å². The van der Waals surface area contributed by atoms with Gasteiger partial charge < -0.3 is 13.9 Å². The molecular formula is C24H19NO6. The van der Waals surface area contributed by atoms with Gasteiger partial charge >= 0.3 is 12.2 Å². The van der Waals surface area contributed by atoms with E-state index in [0.717, 1.165) is 10.4 Å². The first-order valence-electron chi connectivity index (χ1n) is 9.59. The van der Waals surface area contributed by atoms with Gasteiger partial charge in [0.1, 0.15) is 28.9 Å². The summed E-state index contributed by atoms with van der Waals surface area (Å²) in [4.78, 5) is 30.5. The molecule has 1 amide bonds. The number of hydroxylamine groups is 2. The van der Waals surface area contributed by atoms with E-state index < -0.39 is 18.3 Å². The van der Waals surface area contributed by atoms with Crippen LogP contribution in [0.4, 0.5) is 9.59 Å². The molecule has 4 aromatic rings. The average Bonchev–Trinajstić information content (AvgIpc) is 3.23. The molecule has 0 saturated heterocycles. The van der Waals surface area contributed by atoms with Gasteiger partial charge in [-0.3, -0.25) is 4.84 Å². The van der Waals surface area contributed by atoms with Crippen molar-refractivity contribution in [3.8, 4) is 11.5 Å². The number of carbonyl (C=O) groups is 2. The van der Waals surface area contributed by atoms with Crippen LogP contribution < -0.4 is 9.47 Å². The van der Waals surface area contributed by atoms with Crippen LogP contribution in [-0.2, 0) is 4.84 Å². The van der Waals surface area contributed by atoms with Crippen LogP contribution in [0.25, 0.3) is 11.0 Å². The maximum absolute atomic E-state index is 12.9. The number of hydrogen-bond acceptors (Lipinski definition) is 6. The molecule has 1 aromatic heterocycles. The lowest BCUT2D eigenvalue weighted by Crippen LogP contribution is -2.38. The van der Waals surface area contributed by atoms with Crippen LogP contribution in [0.15, 0.2) is 95.4 Å². The fraction of sp³-hybridized carbons (Fsp3) is 0.0833. The molecule has 7 nitrogen and oxygen atoms in total. The molecule has 7 heteroatoms. The summed E-state index contributed by atoms with van der Waals surface area (Å²) in [6.45, 7) is 1.65. The minimum atomic E-state index is -1.08. The van der Waals surface area contributed by atoms with E-state index in [4.69, 9.17) is 18.7 Å². The number of ether oxygens (including phenoxy) is 2. The van der Waals surface area contributed by atoms with Crippen molar-refractivity contribution < 1.29 is 28.3 Å². The van der Waals surface area contributed by atoms with E-state index in [-0.39, 0.29) is 5.75 Å². The molecule has 0 saturated carbocycles. The summed E-state index contributed by atoms with van der Waals surface area (Å²) < 4.78 is 16.3. The van der Waals surface area contributed by atoms with E-state index >= 15 is 0 Å². The molecule has 156 valence electrons. The van der Waals surface area contributed by atoms with Crippen LogP contribution in [-0.4, -0.2) is 17.3 Å². The summed E-state index contributed by atoms with van der Waals surface area (Å²) in [5.41, 5.74) is 0.646. The van der Waals surface area contributed by atoms with Gasteiger partial charge in [-0.05, 0) is 43.3 Å². The Hall–Kier alpha value is -4.26. The molecule has 1 heterocycles. The Morgan fingerprint density at radius 1 is 0.806 bits per heavy atom. The molecule has 0 N–H and O–H groups in total. The Morgan fingerprint density at radius 3 is 2.03 bits per heavy atom. The smallest absolute Gasteiger partial charge is 0.459 e. The predicted molar refractivity (Wildman–Crippen MR) is 112 cm³/mol. The normalized spacial score (nSPS) is 11.5. The first kappa shape index (κ1) is 20.0. The highest BCUT2D eigenvalue weighted by Gasteiger charge is 2.31. The lowest BCUT2D eigenvalue weighted by Gasteiger charge is -2.24. The van der Waals surface area contributed by atoms with Crippen molar-refractivity contribution >= 4 is 23.2 Å². The monoisotopic (exact) mass is 417 g/mol. The second-order valence-corrected chi connectivity index (χ2v) is 6.63. The summed E-state index contributed by atoms with van der Waals surface area (Å²) in [5, 5.41) is 1.64. The van der Waals surface area contributed by atoms with Crippen molar-refractivity contribution in [2.75, 3.05) is 0 Å². The van der Waals surface area contributed by atoms with Crippen LogP contribution >= 0.6 is 0 Å². The molecule has 3 aromatic carbocycles. The van der Waals surface area contributed by atoms with E-state index in [2.05, 4.69) is 0 Å². The molecular weight excluding hydrogens is 398 g/mol. The van der Waals surface area contributed by atoms with E-state index in [1.54, 1.807) is 73.7 Å². The molecule has 0 aliphatic carbocycles. The minimum Gasteiger partial charge on any atom is -0.459 e. The van der Waals surface area contributed by atoms with Gasteiger partial charge in [0.25, 0.3) is 0 Å². The van der Waals surface area contributed by atoms with E-state index in [1.165, 1.54) is 0 Å². The molecule has 0 fully saturated rings.